The molecule has 0 fully saturated rings. The molecule has 0 aliphatic carbocycles. The van der Waals surface area contributed by atoms with Crippen molar-refractivity contribution in [2.45, 2.75) is 554 Å². The smallest absolute Gasteiger partial charge is 0.214 e. The molecule has 0 aliphatic rings. The minimum Gasteiger partial charge on any atom is -0.356 e. The van der Waals surface area contributed by atoms with Crippen LogP contribution in [-0.4, -0.2) is 403 Å². The van der Waals surface area contributed by atoms with Crippen molar-refractivity contribution in [2.24, 2.45) is 0 Å². The number of rotatable bonds is 36. The SMILES string of the molecule is CC(C)N(C(C)C)C(O)O.CC(C)N(C(C)C)C(O)O.CC(C)N(C(C)C)C(O)O.CC(C)N(C(C)C)C(O)O.CC(C)N(C(C)C)C(O)O.CC(C)N(C(C)C)C(O)O.CC(C)N(C(C)C)C(O)O.CC(C)N(C(C)C)C(O)O.CC(C)N(C(C)C)C(O)O.CC(C)N(C(C)C)C(O)O.CC(C)N(C(C)C)C(O)O.CC(C)N(C(C)C)C(O)O.[Sm].[Sm].[Sm].[Sm]. The second-order valence-electron chi connectivity index (χ2n) is 35.8. The minimum absolute atomic E-state index is 0. The Morgan fingerprint density at radius 2 is 0.105 bits per heavy atom. The third-order valence-corrected chi connectivity index (χ3v) is 17.5. The van der Waals surface area contributed by atoms with E-state index in [9.17, 15) is 0 Å². The van der Waals surface area contributed by atoms with Crippen LogP contribution in [0.3, 0.4) is 0 Å². The predicted molar refractivity (Wildman–Crippen MR) is 484 cm³/mol. The number of nitrogens with zero attached hydrogens (tertiary/aromatic N) is 12. The van der Waals surface area contributed by atoms with E-state index < -0.39 is 77.0 Å². The predicted octanol–water partition coefficient (Wildman–Crippen LogP) is 4.48. The number of hydrogen-bond acceptors (Lipinski definition) is 36. The first kappa shape index (κ1) is 164. The van der Waals surface area contributed by atoms with Crippen LogP contribution in [0, 0.1) is 162 Å². The molecule has 0 amide bonds. The van der Waals surface area contributed by atoms with Crippen LogP contribution in [0.5, 0.6) is 0 Å². The van der Waals surface area contributed by atoms with Crippen LogP contribution in [0.15, 0.2) is 0 Å². The molecular weight excluding hydrogens is 2160 g/mol. The summed E-state index contributed by atoms with van der Waals surface area (Å²) in [4.78, 5) is 19.3. The molecular formula is C84H204N12O24Sm4. The molecule has 0 bridgehead atoms. The zero-order chi connectivity index (χ0) is 99.7. The largest absolute Gasteiger partial charge is 0.356 e. The van der Waals surface area contributed by atoms with Crippen LogP contribution in [0.2, 0.25) is 0 Å². The molecule has 0 aromatic carbocycles. The summed E-state index contributed by atoms with van der Waals surface area (Å²) >= 11 is 0. The summed E-state index contributed by atoms with van der Waals surface area (Å²) < 4.78 is 0. The van der Waals surface area contributed by atoms with Crippen molar-refractivity contribution < 1.29 is 284 Å². The van der Waals surface area contributed by atoms with Crippen LogP contribution in [0.1, 0.15) is 332 Å². The van der Waals surface area contributed by atoms with Gasteiger partial charge in [0, 0.05) is 307 Å². The molecule has 0 aromatic heterocycles. The molecule has 0 atom stereocenters. The monoisotopic (exact) mass is 2370 g/mol. The zero-order valence-corrected chi connectivity index (χ0v) is 97.0. The first-order chi connectivity index (χ1) is 53.6. The van der Waals surface area contributed by atoms with E-state index in [-0.39, 0.29) is 307 Å². The molecule has 0 saturated heterocycles. The molecule has 0 aliphatic heterocycles. The molecule has 40 heteroatoms. The number of aliphatic hydroxyl groups excluding tert-OH is 12. The van der Waals surface area contributed by atoms with Crippen LogP contribution < -0.4 is 0 Å². The molecule has 24 N–H and O–H groups in total. The Bertz CT molecular complexity index is 1410. The van der Waals surface area contributed by atoms with E-state index in [2.05, 4.69) is 0 Å². The first-order valence-electron chi connectivity index (χ1n) is 43.2. The summed E-state index contributed by atoms with van der Waals surface area (Å²) in [7, 11) is 0. The fourth-order valence-electron chi connectivity index (χ4n) is 13.6. The standard InChI is InChI=1S/12C7H17NO2.4Sm/c12*1-5(2)8(6(3)4)7(9)10;;;;/h12*5-7,9-10H,1-4H3;;;;. The summed E-state index contributed by atoms with van der Waals surface area (Å²) in [6.45, 7) is 92.6. The van der Waals surface area contributed by atoms with Gasteiger partial charge < -0.3 is 123 Å². The van der Waals surface area contributed by atoms with Gasteiger partial charge in [0.25, 0.3) is 0 Å². The first-order valence-corrected chi connectivity index (χ1v) is 43.2. The van der Waals surface area contributed by atoms with E-state index in [0.717, 1.165) is 0 Å². The molecule has 0 aromatic rings. The van der Waals surface area contributed by atoms with Gasteiger partial charge in [-0.3, -0.25) is 58.8 Å². The topological polar surface area (TPSA) is 524 Å². The Morgan fingerprint density at radius 1 is 0.0806 bits per heavy atom. The number of hydrogen-bond donors (Lipinski definition) is 24. The summed E-state index contributed by atoms with van der Waals surface area (Å²) in [6.07, 6.45) is -16.0. The van der Waals surface area contributed by atoms with Crippen molar-refractivity contribution in [3.8, 4) is 0 Å². The Hall–Kier alpha value is 3.91. The van der Waals surface area contributed by atoms with Gasteiger partial charge in [-0.05, 0) is 332 Å². The van der Waals surface area contributed by atoms with Crippen LogP contribution >= 0.6 is 0 Å². The van der Waals surface area contributed by atoms with Crippen LogP contribution in [0.25, 0.3) is 0 Å². The molecule has 124 heavy (non-hydrogen) atoms. The van der Waals surface area contributed by atoms with E-state index >= 15 is 0 Å². The maximum absolute atomic E-state index is 8.83. The van der Waals surface area contributed by atoms with Crippen molar-refractivity contribution in [1.29, 1.82) is 0 Å². The van der Waals surface area contributed by atoms with Gasteiger partial charge in [-0.1, -0.05) is 0 Å². The minimum atomic E-state index is -1.33. The maximum Gasteiger partial charge on any atom is 0.214 e. The Labute approximate surface area is 887 Å². The average molecular weight is 2370 g/mol. The van der Waals surface area contributed by atoms with Crippen molar-refractivity contribution in [3.63, 3.8) is 0 Å². The summed E-state index contributed by atoms with van der Waals surface area (Å²) in [5.74, 6) is 0. The van der Waals surface area contributed by atoms with Gasteiger partial charge in [0.1, 0.15) is 0 Å². The molecule has 0 radical (unpaired) electrons. The van der Waals surface area contributed by atoms with Crippen molar-refractivity contribution in [3.05, 3.63) is 0 Å². The zero-order valence-electron chi connectivity index (χ0n) is 86.5. The fourth-order valence-corrected chi connectivity index (χ4v) is 13.6. The Balaban J connectivity index is -0.0000000731. The fraction of sp³-hybridized carbons (Fsp3) is 1.00. The molecule has 0 spiro atoms. The summed E-state index contributed by atoms with van der Waals surface area (Å²) in [6, 6.07) is 4.00. The summed E-state index contributed by atoms with van der Waals surface area (Å²) in [5.41, 5.74) is 0. The van der Waals surface area contributed by atoms with Crippen molar-refractivity contribution in [1.82, 2.24) is 58.8 Å². The van der Waals surface area contributed by atoms with Crippen LogP contribution in [-0.2, 0) is 0 Å². The quantitative estimate of drug-likeness (QED) is 0.0384. The second-order valence-corrected chi connectivity index (χ2v) is 35.8. The molecule has 0 saturated carbocycles. The molecule has 768 valence electrons. The van der Waals surface area contributed by atoms with Gasteiger partial charge in [0.2, 0.25) is 77.0 Å². The normalized spacial score (nSPS) is 12.2. The third kappa shape index (κ3) is 89.8. The van der Waals surface area contributed by atoms with Gasteiger partial charge in [-0.2, -0.15) is 0 Å². The van der Waals surface area contributed by atoms with Gasteiger partial charge >= 0.3 is 0 Å². The van der Waals surface area contributed by atoms with E-state index in [1.54, 1.807) is 58.8 Å². The molecule has 0 heterocycles. The molecule has 36 nitrogen and oxygen atoms in total. The third-order valence-electron chi connectivity index (χ3n) is 17.5. The van der Waals surface area contributed by atoms with E-state index in [4.69, 9.17) is 123 Å². The Kier molecular flexibility index (Phi) is 122. The van der Waals surface area contributed by atoms with Gasteiger partial charge in [0.05, 0.1) is 0 Å². The van der Waals surface area contributed by atoms with Crippen LogP contribution in [0.4, 0.5) is 0 Å². The van der Waals surface area contributed by atoms with Gasteiger partial charge in [-0.25, -0.2) is 0 Å². The van der Waals surface area contributed by atoms with E-state index in [1.165, 1.54) is 0 Å². The molecule has 0 unspecified atom stereocenters. The van der Waals surface area contributed by atoms with Gasteiger partial charge in [0.15, 0.2) is 0 Å². The summed E-state index contributed by atoms with van der Waals surface area (Å²) in [5, 5.41) is 212. The van der Waals surface area contributed by atoms with Gasteiger partial charge in [-0.15, -0.1) is 0 Å². The second kappa shape index (κ2) is 92.0. The Morgan fingerprint density at radius 3 is 0.105 bits per heavy atom. The average Bonchev–Trinajstić information content (AvgIpc) is 1.03. The van der Waals surface area contributed by atoms with E-state index in [1.807, 2.05) is 332 Å². The maximum atomic E-state index is 8.83. The van der Waals surface area contributed by atoms with Crippen molar-refractivity contribution in [2.75, 3.05) is 0 Å². The van der Waals surface area contributed by atoms with E-state index in [0.29, 0.717) is 0 Å². The number of aliphatic hydroxyl groups is 24. The molecule has 0 rings (SSSR count). The van der Waals surface area contributed by atoms with Crippen molar-refractivity contribution >= 4 is 0 Å².